The molecule has 25 heavy (non-hydrogen) atoms. The minimum absolute atomic E-state index is 0.303. The lowest BCUT2D eigenvalue weighted by molar-refractivity contribution is -0.146. The molecular formula is C18H19Cl2N3O2. The van der Waals surface area contributed by atoms with Gasteiger partial charge in [-0.1, -0.05) is 36.5 Å². The van der Waals surface area contributed by atoms with Gasteiger partial charge in [-0.05, 0) is 37.1 Å². The SMILES string of the molecule is CCCC1=Nc2[nH]ncc2C(c2cc(Cl)ccc2Cl)C1C(=O)OCC. The predicted molar refractivity (Wildman–Crippen MR) is 99.0 cm³/mol. The van der Waals surface area contributed by atoms with Crippen LogP contribution in [0.5, 0.6) is 0 Å². The van der Waals surface area contributed by atoms with Crippen LogP contribution in [0.3, 0.4) is 0 Å². The van der Waals surface area contributed by atoms with Crippen LogP contribution in [-0.2, 0) is 9.53 Å². The second kappa shape index (κ2) is 7.58. The van der Waals surface area contributed by atoms with Gasteiger partial charge in [-0.2, -0.15) is 5.10 Å². The number of fused-ring (bicyclic) bond motifs is 1. The summed E-state index contributed by atoms with van der Waals surface area (Å²) in [4.78, 5) is 17.4. The standard InChI is InChI=1S/C18H19Cl2N3O2/c1-3-5-14-16(18(24)25-4-2)15(12-9-21-23-17(12)22-14)11-8-10(19)6-7-13(11)20/h6-9,15-16H,3-5H2,1-2H3,(H,21,23). The monoisotopic (exact) mass is 379 g/mol. The molecule has 2 aromatic rings. The Morgan fingerprint density at radius 3 is 2.80 bits per heavy atom. The highest BCUT2D eigenvalue weighted by Gasteiger charge is 2.41. The molecule has 0 saturated carbocycles. The number of rotatable bonds is 5. The van der Waals surface area contributed by atoms with Gasteiger partial charge in [0, 0.05) is 27.2 Å². The Kier molecular flexibility index (Phi) is 5.45. The van der Waals surface area contributed by atoms with Gasteiger partial charge in [0.05, 0.1) is 12.8 Å². The molecule has 1 aromatic heterocycles. The smallest absolute Gasteiger partial charge is 0.315 e. The molecule has 2 heterocycles. The maximum atomic E-state index is 12.8. The molecule has 1 aliphatic rings. The first-order valence-electron chi connectivity index (χ1n) is 8.29. The molecule has 2 unspecified atom stereocenters. The fraction of sp³-hybridized carbons (Fsp3) is 0.389. The van der Waals surface area contributed by atoms with Crippen molar-refractivity contribution in [1.82, 2.24) is 10.2 Å². The van der Waals surface area contributed by atoms with Crippen molar-refractivity contribution >= 4 is 40.7 Å². The Hall–Kier alpha value is -1.85. The summed E-state index contributed by atoms with van der Waals surface area (Å²) >= 11 is 12.6. The van der Waals surface area contributed by atoms with E-state index in [0.29, 0.717) is 28.9 Å². The molecular weight excluding hydrogens is 361 g/mol. The van der Waals surface area contributed by atoms with Crippen LogP contribution >= 0.6 is 23.2 Å². The van der Waals surface area contributed by atoms with Gasteiger partial charge in [-0.15, -0.1) is 0 Å². The minimum atomic E-state index is -0.541. The molecule has 1 aliphatic heterocycles. The first-order valence-corrected chi connectivity index (χ1v) is 9.04. The van der Waals surface area contributed by atoms with Crippen LogP contribution in [0.15, 0.2) is 29.4 Å². The summed E-state index contributed by atoms with van der Waals surface area (Å²) < 4.78 is 5.34. The van der Waals surface area contributed by atoms with Crippen molar-refractivity contribution < 1.29 is 9.53 Å². The highest BCUT2D eigenvalue weighted by Crippen LogP contribution is 2.45. The average Bonchev–Trinajstić information content (AvgIpc) is 3.04. The van der Waals surface area contributed by atoms with Crippen LogP contribution in [0.4, 0.5) is 5.82 Å². The Labute approximate surface area is 156 Å². The fourth-order valence-corrected chi connectivity index (χ4v) is 3.68. The van der Waals surface area contributed by atoms with Gasteiger partial charge >= 0.3 is 5.97 Å². The minimum Gasteiger partial charge on any atom is -0.465 e. The third-order valence-electron chi connectivity index (χ3n) is 4.27. The van der Waals surface area contributed by atoms with Crippen LogP contribution in [0.2, 0.25) is 10.0 Å². The number of aliphatic imine (C=N–C) groups is 1. The molecule has 0 aliphatic carbocycles. The second-order valence-electron chi connectivity index (χ2n) is 5.90. The van der Waals surface area contributed by atoms with Crippen molar-refractivity contribution in [1.29, 1.82) is 0 Å². The van der Waals surface area contributed by atoms with E-state index in [2.05, 4.69) is 22.1 Å². The zero-order valence-corrected chi connectivity index (χ0v) is 15.6. The largest absolute Gasteiger partial charge is 0.465 e. The van der Waals surface area contributed by atoms with Gasteiger partial charge < -0.3 is 4.74 Å². The molecule has 1 aromatic carbocycles. The van der Waals surface area contributed by atoms with Crippen LogP contribution in [-0.4, -0.2) is 28.5 Å². The summed E-state index contributed by atoms with van der Waals surface area (Å²) in [5.74, 6) is -0.522. The number of carbonyl (C=O) groups excluding carboxylic acids is 1. The lowest BCUT2D eigenvalue weighted by Crippen LogP contribution is -2.34. The van der Waals surface area contributed by atoms with Gasteiger partial charge in [-0.3, -0.25) is 9.89 Å². The first kappa shape index (κ1) is 18.0. The molecule has 5 nitrogen and oxygen atoms in total. The van der Waals surface area contributed by atoms with Gasteiger partial charge in [0.25, 0.3) is 0 Å². The predicted octanol–water partition coefficient (Wildman–Crippen LogP) is 4.91. The summed E-state index contributed by atoms with van der Waals surface area (Å²) in [5, 5.41) is 8.12. The zero-order valence-electron chi connectivity index (χ0n) is 14.1. The number of benzene rings is 1. The van der Waals surface area contributed by atoms with Gasteiger partial charge in [0.2, 0.25) is 0 Å². The molecule has 0 bridgehead atoms. The van der Waals surface area contributed by atoms with E-state index in [-0.39, 0.29) is 11.9 Å². The highest BCUT2D eigenvalue weighted by atomic mass is 35.5. The molecule has 0 spiro atoms. The second-order valence-corrected chi connectivity index (χ2v) is 6.74. The summed E-state index contributed by atoms with van der Waals surface area (Å²) in [7, 11) is 0. The van der Waals surface area contributed by atoms with Crippen molar-refractivity contribution in [2.24, 2.45) is 10.9 Å². The summed E-state index contributed by atoms with van der Waals surface area (Å²) in [5.41, 5.74) is 2.37. The number of aromatic nitrogens is 2. The van der Waals surface area contributed by atoms with Crippen molar-refractivity contribution in [2.45, 2.75) is 32.6 Å². The summed E-state index contributed by atoms with van der Waals surface area (Å²) in [6, 6.07) is 5.27. The summed E-state index contributed by atoms with van der Waals surface area (Å²) in [6.45, 7) is 4.15. The number of aromatic amines is 1. The van der Waals surface area contributed by atoms with E-state index in [1.165, 1.54) is 0 Å². The molecule has 132 valence electrons. The topological polar surface area (TPSA) is 67.3 Å². The molecule has 0 amide bonds. The van der Waals surface area contributed by atoms with E-state index in [4.69, 9.17) is 27.9 Å². The van der Waals surface area contributed by atoms with Crippen molar-refractivity contribution in [3.05, 3.63) is 45.6 Å². The lowest BCUT2D eigenvalue weighted by Gasteiger charge is -2.30. The van der Waals surface area contributed by atoms with Crippen molar-refractivity contribution in [3.8, 4) is 0 Å². The Morgan fingerprint density at radius 1 is 1.28 bits per heavy atom. The number of hydrogen-bond acceptors (Lipinski definition) is 4. The quantitative estimate of drug-likeness (QED) is 0.749. The number of H-pyrrole nitrogens is 1. The molecule has 1 N–H and O–H groups in total. The van der Waals surface area contributed by atoms with Crippen LogP contribution < -0.4 is 0 Å². The number of halogens is 2. The van der Waals surface area contributed by atoms with E-state index in [1.54, 1.807) is 31.3 Å². The number of ether oxygens (including phenoxy) is 1. The lowest BCUT2D eigenvalue weighted by atomic mass is 9.76. The van der Waals surface area contributed by atoms with Crippen LogP contribution in [0, 0.1) is 5.92 Å². The number of hydrogen-bond donors (Lipinski definition) is 1. The zero-order chi connectivity index (χ0) is 18.0. The molecule has 0 fully saturated rings. The maximum absolute atomic E-state index is 12.8. The average molecular weight is 380 g/mol. The summed E-state index contributed by atoms with van der Waals surface area (Å²) in [6.07, 6.45) is 3.25. The Bertz CT molecular complexity index is 816. The maximum Gasteiger partial charge on any atom is 0.315 e. The third kappa shape index (κ3) is 3.44. The van der Waals surface area contributed by atoms with Crippen LogP contribution in [0.25, 0.3) is 0 Å². The molecule has 7 heteroatoms. The van der Waals surface area contributed by atoms with E-state index in [9.17, 15) is 4.79 Å². The number of esters is 1. The Balaban J connectivity index is 2.19. The van der Waals surface area contributed by atoms with Gasteiger partial charge in [-0.25, -0.2) is 4.99 Å². The Morgan fingerprint density at radius 2 is 2.08 bits per heavy atom. The van der Waals surface area contributed by atoms with Gasteiger partial charge in [0.15, 0.2) is 5.82 Å². The number of nitrogens with one attached hydrogen (secondary N) is 1. The van der Waals surface area contributed by atoms with Gasteiger partial charge in [0.1, 0.15) is 5.92 Å². The molecule has 2 atom stereocenters. The van der Waals surface area contributed by atoms with E-state index in [1.807, 2.05) is 0 Å². The fourth-order valence-electron chi connectivity index (χ4n) is 3.26. The number of carbonyl (C=O) groups is 1. The highest BCUT2D eigenvalue weighted by molar-refractivity contribution is 6.33. The molecule has 0 saturated heterocycles. The van der Waals surface area contributed by atoms with Crippen molar-refractivity contribution in [2.75, 3.05) is 6.61 Å². The first-order chi connectivity index (χ1) is 12.1. The number of nitrogens with zero attached hydrogens (tertiary/aromatic N) is 2. The van der Waals surface area contributed by atoms with Crippen LogP contribution in [0.1, 0.15) is 43.7 Å². The van der Waals surface area contributed by atoms with Crippen molar-refractivity contribution in [3.63, 3.8) is 0 Å². The third-order valence-corrected chi connectivity index (χ3v) is 4.85. The van der Waals surface area contributed by atoms with E-state index >= 15 is 0 Å². The van der Waals surface area contributed by atoms with E-state index < -0.39 is 5.92 Å². The van der Waals surface area contributed by atoms with E-state index in [0.717, 1.165) is 23.3 Å². The molecule has 3 rings (SSSR count). The normalized spacial score (nSPS) is 19.3. The molecule has 0 radical (unpaired) electrons.